The van der Waals surface area contributed by atoms with E-state index in [1.165, 1.54) is 0 Å². The van der Waals surface area contributed by atoms with E-state index >= 15 is 0 Å². The number of carbonyl (C=O) groups is 1. The topological polar surface area (TPSA) is 41.5 Å². The normalized spacial score (nSPS) is 15.3. The third-order valence-electron chi connectivity index (χ3n) is 1.24. The number of hydrogen-bond acceptors (Lipinski definition) is 3. The molecule has 1 heterocycles. The monoisotopic (exact) mass is 184 g/mol. The zero-order valence-electron chi connectivity index (χ0n) is 7.26. The highest BCUT2D eigenvalue weighted by atomic mass is 32.2. The Morgan fingerprint density at radius 3 is 2.92 bits per heavy atom. The number of thioether (sulfide) groups is 1. The van der Waals surface area contributed by atoms with E-state index in [4.69, 9.17) is 0 Å². The first-order chi connectivity index (χ1) is 5.68. The van der Waals surface area contributed by atoms with E-state index in [9.17, 15) is 4.79 Å². The van der Waals surface area contributed by atoms with Crippen molar-refractivity contribution in [3.8, 4) is 0 Å². The molecule has 0 saturated carbocycles. The van der Waals surface area contributed by atoms with Crippen molar-refractivity contribution >= 4 is 22.8 Å². The molecule has 0 saturated heterocycles. The van der Waals surface area contributed by atoms with Crippen molar-refractivity contribution in [1.82, 2.24) is 5.32 Å². The van der Waals surface area contributed by atoms with E-state index in [1.807, 2.05) is 13.8 Å². The van der Waals surface area contributed by atoms with Crippen molar-refractivity contribution in [3.63, 3.8) is 0 Å². The van der Waals surface area contributed by atoms with Crippen LogP contribution in [0.5, 0.6) is 0 Å². The van der Waals surface area contributed by atoms with Crippen molar-refractivity contribution in [2.24, 2.45) is 4.99 Å². The molecule has 3 nitrogen and oxygen atoms in total. The highest BCUT2D eigenvalue weighted by Gasteiger charge is 2.08. The Labute approximate surface area is 76.3 Å². The summed E-state index contributed by atoms with van der Waals surface area (Å²) in [6.07, 6.45) is 1.57. The molecule has 1 aliphatic heterocycles. The number of amidine groups is 1. The lowest BCUT2D eigenvalue weighted by molar-refractivity contribution is -0.115. The SMILES string of the molecule is CC(C)=CC(=O)NC1=NCCS1. The summed E-state index contributed by atoms with van der Waals surface area (Å²) in [5.41, 5.74) is 0.996. The molecule has 0 radical (unpaired) electrons. The average Bonchev–Trinajstić information content (AvgIpc) is 2.37. The van der Waals surface area contributed by atoms with Crippen LogP contribution < -0.4 is 5.32 Å². The van der Waals surface area contributed by atoms with E-state index in [2.05, 4.69) is 10.3 Å². The Balaban J connectivity index is 2.41. The molecular weight excluding hydrogens is 172 g/mol. The minimum Gasteiger partial charge on any atom is -0.302 e. The fourth-order valence-corrected chi connectivity index (χ4v) is 1.55. The van der Waals surface area contributed by atoms with Gasteiger partial charge in [-0.1, -0.05) is 17.3 Å². The Bertz CT molecular complexity index is 241. The van der Waals surface area contributed by atoms with Crippen molar-refractivity contribution in [1.29, 1.82) is 0 Å². The molecule has 0 spiro atoms. The number of carbonyl (C=O) groups excluding carboxylic acids is 1. The first-order valence-corrected chi connectivity index (χ1v) is 4.80. The van der Waals surface area contributed by atoms with Crippen LogP contribution in [-0.2, 0) is 4.79 Å². The molecule has 0 unspecified atom stereocenters. The second-order valence-electron chi connectivity index (χ2n) is 2.75. The molecule has 4 heteroatoms. The van der Waals surface area contributed by atoms with Gasteiger partial charge in [0.15, 0.2) is 5.17 Å². The minimum absolute atomic E-state index is 0.0804. The Morgan fingerprint density at radius 1 is 1.67 bits per heavy atom. The molecule has 1 N–H and O–H groups in total. The van der Waals surface area contributed by atoms with Crippen LogP contribution in [0.3, 0.4) is 0 Å². The molecular formula is C8H12N2OS. The van der Waals surface area contributed by atoms with Gasteiger partial charge in [-0.2, -0.15) is 0 Å². The number of aliphatic imine (C=N–C) groups is 1. The van der Waals surface area contributed by atoms with E-state index < -0.39 is 0 Å². The maximum Gasteiger partial charge on any atom is 0.249 e. The van der Waals surface area contributed by atoms with Crippen LogP contribution in [0.2, 0.25) is 0 Å². The Kier molecular flexibility index (Phi) is 3.34. The minimum atomic E-state index is -0.0804. The van der Waals surface area contributed by atoms with Gasteiger partial charge in [0.2, 0.25) is 5.91 Å². The molecule has 1 aliphatic rings. The van der Waals surface area contributed by atoms with Crippen LogP contribution in [0.25, 0.3) is 0 Å². The predicted octanol–water partition coefficient (Wildman–Crippen LogP) is 1.17. The van der Waals surface area contributed by atoms with Gasteiger partial charge in [-0.15, -0.1) is 0 Å². The standard InChI is InChI=1S/C8H12N2OS/c1-6(2)5-7(11)10-8-9-3-4-12-8/h5H,3-4H2,1-2H3,(H,9,10,11). The summed E-state index contributed by atoms with van der Waals surface area (Å²) in [6.45, 7) is 4.60. The maximum absolute atomic E-state index is 11.1. The molecule has 12 heavy (non-hydrogen) atoms. The van der Waals surface area contributed by atoms with Gasteiger partial charge in [-0.3, -0.25) is 9.79 Å². The van der Waals surface area contributed by atoms with Gasteiger partial charge >= 0.3 is 0 Å². The predicted molar refractivity (Wildman–Crippen MR) is 52.3 cm³/mol. The number of nitrogens with zero attached hydrogens (tertiary/aromatic N) is 1. The summed E-state index contributed by atoms with van der Waals surface area (Å²) in [6, 6.07) is 0. The third-order valence-corrected chi connectivity index (χ3v) is 2.13. The lowest BCUT2D eigenvalue weighted by atomic mass is 10.3. The molecule has 1 amide bonds. The van der Waals surface area contributed by atoms with Crippen LogP contribution in [-0.4, -0.2) is 23.4 Å². The molecule has 66 valence electrons. The van der Waals surface area contributed by atoms with Gasteiger partial charge in [0, 0.05) is 11.8 Å². The van der Waals surface area contributed by atoms with Crippen molar-refractivity contribution in [3.05, 3.63) is 11.6 Å². The van der Waals surface area contributed by atoms with E-state index in [-0.39, 0.29) is 5.91 Å². The van der Waals surface area contributed by atoms with Gasteiger partial charge in [-0.05, 0) is 13.8 Å². The van der Waals surface area contributed by atoms with Gasteiger partial charge in [0.25, 0.3) is 0 Å². The van der Waals surface area contributed by atoms with Crippen LogP contribution in [0.1, 0.15) is 13.8 Å². The number of hydrogen-bond donors (Lipinski definition) is 1. The number of rotatable bonds is 1. The highest BCUT2D eigenvalue weighted by Crippen LogP contribution is 2.08. The molecule has 0 atom stereocenters. The van der Waals surface area contributed by atoms with E-state index in [0.29, 0.717) is 0 Å². The van der Waals surface area contributed by atoms with Gasteiger partial charge in [0.05, 0.1) is 6.54 Å². The van der Waals surface area contributed by atoms with Gasteiger partial charge < -0.3 is 5.32 Å². The number of allylic oxidation sites excluding steroid dienone is 1. The van der Waals surface area contributed by atoms with Gasteiger partial charge in [0.1, 0.15) is 0 Å². The van der Waals surface area contributed by atoms with Crippen LogP contribution in [0, 0.1) is 0 Å². The van der Waals surface area contributed by atoms with Crippen LogP contribution in [0.4, 0.5) is 0 Å². The molecule has 0 aromatic heterocycles. The lowest BCUT2D eigenvalue weighted by Gasteiger charge is -1.98. The summed E-state index contributed by atoms with van der Waals surface area (Å²) in [7, 11) is 0. The first kappa shape index (κ1) is 9.32. The average molecular weight is 184 g/mol. The highest BCUT2D eigenvalue weighted by molar-refractivity contribution is 8.14. The largest absolute Gasteiger partial charge is 0.302 e. The van der Waals surface area contributed by atoms with E-state index in [1.54, 1.807) is 17.8 Å². The zero-order chi connectivity index (χ0) is 8.97. The molecule has 0 fully saturated rings. The van der Waals surface area contributed by atoms with Gasteiger partial charge in [-0.25, -0.2) is 0 Å². The second-order valence-corrected chi connectivity index (χ2v) is 3.83. The molecule has 0 bridgehead atoms. The lowest BCUT2D eigenvalue weighted by Crippen LogP contribution is -2.25. The van der Waals surface area contributed by atoms with E-state index in [0.717, 1.165) is 23.0 Å². The maximum atomic E-state index is 11.1. The van der Waals surface area contributed by atoms with Crippen LogP contribution >= 0.6 is 11.8 Å². The number of amides is 1. The zero-order valence-corrected chi connectivity index (χ0v) is 8.07. The Hall–Kier alpha value is -0.770. The molecule has 0 aromatic rings. The summed E-state index contributed by atoms with van der Waals surface area (Å²) in [4.78, 5) is 15.2. The first-order valence-electron chi connectivity index (χ1n) is 3.81. The third kappa shape index (κ3) is 3.09. The molecule has 1 rings (SSSR count). The summed E-state index contributed by atoms with van der Waals surface area (Å²) in [5.74, 6) is 0.896. The quantitative estimate of drug-likeness (QED) is 0.621. The fraction of sp³-hybridized carbons (Fsp3) is 0.500. The summed E-state index contributed by atoms with van der Waals surface area (Å²) >= 11 is 1.59. The summed E-state index contributed by atoms with van der Waals surface area (Å²) in [5, 5.41) is 3.46. The Morgan fingerprint density at radius 2 is 2.42 bits per heavy atom. The molecule has 0 aromatic carbocycles. The van der Waals surface area contributed by atoms with Crippen molar-refractivity contribution in [2.45, 2.75) is 13.8 Å². The van der Waals surface area contributed by atoms with Crippen molar-refractivity contribution in [2.75, 3.05) is 12.3 Å². The second kappa shape index (κ2) is 4.30. The van der Waals surface area contributed by atoms with Crippen LogP contribution in [0.15, 0.2) is 16.6 Å². The fourth-order valence-electron chi connectivity index (χ4n) is 0.814. The molecule has 0 aliphatic carbocycles. The smallest absolute Gasteiger partial charge is 0.249 e. The summed E-state index contributed by atoms with van der Waals surface area (Å²) < 4.78 is 0. The van der Waals surface area contributed by atoms with Crippen molar-refractivity contribution < 1.29 is 4.79 Å². The number of nitrogens with one attached hydrogen (secondary N) is 1.